The molecule has 3 nitrogen and oxygen atoms in total. The third-order valence-electron chi connectivity index (χ3n) is 4.28. The van der Waals surface area contributed by atoms with Crippen LogP contribution < -0.4 is 5.32 Å². The summed E-state index contributed by atoms with van der Waals surface area (Å²) < 4.78 is 18.6. The summed E-state index contributed by atoms with van der Waals surface area (Å²) >= 11 is 1.50. The van der Waals surface area contributed by atoms with Gasteiger partial charge in [-0.25, -0.2) is 4.39 Å². The molecule has 1 amide bonds. The van der Waals surface area contributed by atoms with E-state index in [0.717, 1.165) is 18.4 Å². The van der Waals surface area contributed by atoms with E-state index in [4.69, 9.17) is 4.74 Å². The highest BCUT2D eigenvalue weighted by molar-refractivity contribution is 7.08. The fourth-order valence-electron chi connectivity index (χ4n) is 2.88. The van der Waals surface area contributed by atoms with Gasteiger partial charge in [-0.15, -0.1) is 0 Å². The van der Waals surface area contributed by atoms with Crippen molar-refractivity contribution in [2.24, 2.45) is 0 Å². The molecule has 3 rings (SSSR count). The predicted molar refractivity (Wildman–Crippen MR) is 84.8 cm³/mol. The van der Waals surface area contributed by atoms with Crippen molar-refractivity contribution in [2.75, 3.05) is 19.8 Å². The normalized spacial score (nSPS) is 17.1. The maximum absolute atomic E-state index is 13.2. The third-order valence-corrected chi connectivity index (χ3v) is 4.96. The second kappa shape index (κ2) is 6.58. The Kier molecular flexibility index (Phi) is 4.55. The summed E-state index contributed by atoms with van der Waals surface area (Å²) in [5, 5.41) is 6.75. The zero-order chi connectivity index (χ0) is 15.4. The molecule has 1 aromatic heterocycles. The molecule has 1 N–H and O–H groups in total. The number of halogens is 1. The number of nitrogens with one attached hydrogen (secondary N) is 1. The molecule has 116 valence electrons. The molecular weight excluding hydrogens is 301 g/mol. The molecule has 0 spiro atoms. The molecule has 1 aliphatic heterocycles. The molecule has 2 aromatic rings. The van der Waals surface area contributed by atoms with Gasteiger partial charge in [0.15, 0.2) is 0 Å². The third kappa shape index (κ3) is 3.20. The lowest BCUT2D eigenvalue weighted by molar-refractivity contribution is 0.0487. The number of benzene rings is 1. The van der Waals surface area contributed by atoms with Gasteiger partial charge in [0.05, 0.1) is 0 Å². The first-order chi connectivity index (χ1) is 10.7. The lowest BCUT2D eigenvalue weighted by Gasteiger charge is -2.38. The summed E-state index contributed by atoms with van der Waals surface area (Å²) in [5.74, 6) is -0.303. The fraction of sp³-hybridized carbons (Fsp3) is 0.353. The van der Waals surface area contributed by atoms with Crippen molar-refractivity contribution in [3.63, 3.8) is 0 Å². The van der Waals surface area contributed by atoms with Gasteiger partial charge in [0, 0.05) is 36.1 Å². The number of ether oxygens (including phenoxy) is 1. The Balaban J connectivity index is 1.77. The Morgan fingerprint density at radius 2 is 1.95 bits per heavy atom. The van der Waals surface area contributed by atoms with Crippen LogP contribution in [0.4, 0.5) is 4.39 Å². The molecule has 0 unspecified atom stereocenters. The van der Waals surface area contributed by atoms with Crippen LogP contribution in [0.15, 0.2) is 41.1 Å². The number of thiophene rings is 1. The molecule has 2 heterocycles. The molecular formula is C17H18FNO2S. The van der Waals surface area contributed by atoms with Crippen LogP contribution in [0.25, 0.3) is 0 Å². The van der Waals surface area contributed by atoms with Crippen LogP contribution in [0.1, 0.15) is 28.8 Å². The molecule has 5 heteroatoms. The van der Waals surface area contributed by atoms with Crippen molar-refractivity contribution in [3.05, 3.63) is 58.0 Å². The van der Waals surface area contributed by atoms with Crippen molar-refractivity contribution >= 4 is 17.2 Å². The van der Waals surface area contributed by atoms with Gasteiger partial charge >= 0.3 is 0 Å². The average molecular weight is 319 g/mol. The summed E-state index contributed by atoms with van der Waals surface area (Å²) in [4.78, 5) is 12.2. The Morgan fingerprint density at radius 1 is 1.23 bits per heavy atom. The molecule has 1 aliphatic rings. The minimum absolute atomic E-state index is 0.0609. The summed E-state index contributed by atoms with van der Waals surface area (Å²) in [6, 6.07) is 8.41. The van der Waals surface area contributed by atoms with Crippen molar-refractivity contribution < 1.29 is 13.9 Å². The highest BCUT2D eigenvalue weighted by Crippen LogP contribution is 2.34. The maximum Gasteiger partial charge on any atom is 0.252 e. The van der Waals surface area contributed by atoms with E-state index in [9.17, 15) is 9.18 Å². The molecule has 0 aliphatic carbocycles. The minimum atomic E-state index is -0.242. The molecule has 0 radical (unpaired) electrons. The second-order valence-electron chi connectivity index (χ2n) is 5.59. The predicted octanol–water partition coefficient (Wildman–Crippen LogP) is 3.37. The van der Waals surface area contributed by atoms with E-state index in [0.29, 0.717) is 25.3 Å². The highest BCUT2D eigenvalue weighted by atomic mass is 32.1. The number of hydrogen-bond donors (Lipinski definition) is 1. The van der Waals surface area contributed by atoms with Gasteiger partial charge in [-0.1, -0.05) is 12.1 Å². The van der Waals surface area contributed by atoms with Crippen LogP contribution in [-0.4, -0.2) is 25.7 Å². The summed E-state index contributed by atoms with van der Waals surface area (Å²) in [6.45, 7) is 1.86. The number of carbonyl (C=O) groups excluding carboxylic acids is 1. The number of rotatable bonds is 4. The van der Waals surface area contributed by atoms with Gasteiger partial charge < -0.3 is 10.1 Å². The number of carbonyl (C=O) groups is 1. The second-order valence-corrected chi connectivity index (χ2v) is 6.37. The highest BCUT2D eigenvalue weighted by Gasteiger charge is 2.34. The Hall–Kier alpha value is -1.72. The van der Waals surface area contributed by atoms with E-state index < -0.39 is 0 Å². The van der Waals surface area contributed by atoms with Crippen LogP contribution in [0, 0.1) is 5.82 Å². The van der Waals surface area contributed by atoms with E-state index >= 15 is 0 Å². The van der Waals surface area contributed by atoms with Crippen LogP contribution in [0.2, 0.25) is 0 Å². The van der Waals surface area contributed by atoms with Crippen molar-refractivity contribution in [3.8, 4) is 0 Å². The SMILES string of the molecule is O=C(NCC1(c2ccc(F)cc2)CCOCC1)c1ccsc1. The summed E-state index contributed by atoms with van der Waals surface area (Å²) in [6.07, 6.45) is 1.64. The Morgan fingerprint density at radius 3 is 2.59 bits per heavy atom. The smallest absolute Gasteiger partial charge is 0.252 e. The lowest BCUT2D eigenvalue weighted by Crippen LogP contribution is -2.44. The number of amides is 1. The van der Waals surface area contributed by atoms with Crippen molar-refractivity contribution in [2.45, 2.75) is 18.3 Å². The molecule has 1 aromatic carbocycles. The van der Waals surface area contributed by atoms with Gasteiger partial charge in [0.2, 0.25) is 0 Å². The largest absolute Gasteiger partial charge is 0.381 e. The Bertz CT molecular complexity index is 619. The van der Waals surface area contributed by atoms with E-state index in [2.05, 4.69) is 5.32 Å². The zero-order valence-electron chi connectivity index (χ0n) is 12.2. The quantitative estimate of drug-likeness (QED) is 0.938. The Labute approximate surface area is 133 Å². The molecule has 0 bridgehead atoms. The van der Waals surface area contributed by atoms with Gasteiger partial charge in [0.25, 0.3) is 5.91 Å². The van der Waals surface area contributed by atoms with Gasteiger partial charge in [0.1, 0.15) is 5.82 Å². The molecule has 22 heavy (non-hydrogen) atoms. The standard InChI is InChI=1S/C17H18FNO2S/c18-15-3-1-14(2-4-15)17(6-8-21-9-7-17)12-19-16(20)13-5-10-22-11-13/h1-5,10-11H,6-9,12H2,(H,19,20). The first-order valence-corrected chi connectivity index (χ1v) is 8.28. The van der Waals surface area contributed by atoms with Gasteiger partial charge in [-0.05, 0) is 42.0 Å². The zero-order valence-corrected chi connectivity index (χ0v) is 13.0. The van der Waals surface area contributed by atoms with Crippen molar-refractivity contribution in [1.82, 2.24) is 5.32 Å². The summed E-state index contributed by atoms with van der Waals surface area (Å²) in [7, 11) is 0. The van der Waals surface area contributed by atoms with Crippen LogP contribution >= 0.6 is 11.3 Å². The van der Waals surface area contributed by atoms with Gasteiger partial charge in [-0.3, -0.25) is 4.79 Å². The first kappa shape index (κ1) is 15.2. The first-order valence-electron chi connectivity index (χ1n) is 7.34. The monoisotopic (exact) mass is 319 g/mol. The van der Waals surface area contributed by atoms with E-state index in [1.807, 2.05) is 29.0 Å². The van der Waals surface area contributed by atoms with Crippen LogP contribution in [0.5, 0.6) is 0 Å². The molecule has 0 saturated carbocycles. The van der Waals surface area contributed by atoms with Crippen molar-refractivity contribution in [1.29, 1.82) is 0 Å². The molecule has 1 fully saturated rings. The van der Waals surface area contributed by atoms with E-state index in [-0.39, 0.29) is 17.1 Å². The summed E-state index contributed by atoms with van der Waals surface area (Å²) in [5.41, 5.74) is 1.56. The van der Waals surface area contributed by atoms with Crippen LogP contribution in [-0.2, 0) is 10.2 Å². The lowest BCUT2D eigenvalue weighted by atomic mass is 9.74. The van der Waals surface area contributed by atoms with Gasteiger partial charge in [-0.2, -0.15) is 11.3 Å². The van der Waals surface area contributed by atoms with Crippen LogP contribution in [0.3, 0.4) is 0 Å². The maximum atomic E-state index is 13.2. The van der Waals surface area contributed by atoms with E-state index in [1.165, 1.54) is 23.5 Å². The number of hydrogen-bond acceptors (Lipinski definition) is 3. The molecule has 1 saturated heterocycles. The van der Waals surface area contributed by atoms with E-state index in [1.54, 1.807) is 0 Å². The minimum Gasteiger partial charge on any atom is -0.381 e. The molecule has 0 atom stereocenters. The fourth-order valence-corrected chi connectivity index (χ4v) is 3.51. The average Bonchev–Trinajstić information content (AvgIpc) is 3.09. The topological polar surface area (TPSA) is 38.3 Å².